The van der Waals surface area contributed by atoms with E-state index in [0.29, 0.717) is 24.8 Å². The first-order chi connectivity index (χ1) is 9.61. The largest absolute Gasteiger partial charge is 0.320 e. The lowest BCUT2D eigenvalue weighted by Crippen LogP contribution is -2.39. The standard InChI is InChI=1S/C15H15FN2O2/c16-13-7-6-11(3-2-8-17)9-12(13)10-18-14(19)4-1-5-15(18)20/h6-7,9H,1,4-5,8,10,17H2. The second kappa shape index (κ2) is 6.31. The van der Waals surface area contributed by atoms with Crippen LogP contribution in [-0.4, -0.2) is 23.3 Å². The van der Waals surface area contributed by atoms with E-state index >= 15 is 0 Å². The molecule has 0 unspecified atom stereocenters. The minimum atomic E-state index is -0.450. The molecule has 1 aliphatic heterocycles. The molecule has 1 saturated heterocycles. The van der Waals surface area contributed by atoms with E-state index in [0.717, 1.165) is 4.90 Å². The van der Waals surface area contributed by atoms with E-state index in [1.807, 2.05) is 0 Å². The number of carbonyl (C=O) groups is 2. The van der Waals surface area contributed by atoms with Gasteiger partial charge in [-0.3, -0.25) is 14.5 Å². The summed E-state index contributed by atoms with van der Waals surface area (Å²) in [7, 11) is 0. The first-order valence-corrected chi connectivity index (χ1v) is 6.42. The normalized spacial score (nSPS) is 15.0. The highest BCUT2D eigenvalue weighted by molar-refractivity contribution is 5.97. The van der Waals surface area contributed by atoms with E-state index in [4.69, 9.17) is 5.73 Å². The lowest BCUT2D eigenvalue weighted by atomic mass is 10.1. The zero-order valence-corrected chi connectivity index (χ0v) is 11.0. The number of nitrogens with zero attached hydrogens (tertiary/aromatic N) is 1. The molecule has 5 heteroatoms. The van der Waals surface area contributed by atoms with E-state index in [-0.39, 0.29) is 30.5 Å². The average molecular weight is 274 g/mol. The number of amides is 2. The Bertz CT molecular complexity index is 586. The number of nitrogens with two attached hydrogens (primary N) is 1. The molecule has 0 aliphatic carbocycles. The summed E-state index contributed by atoms with van der Waals surface area (Å²) in [5.74, 6) is 4.53. The van der Waals surface area contributed by atoms with Crippen LogP contribution in [0.4, 0.5) is 4.39 Å². The number of benzene rings is 1. The molecule has 0 aromatic heterocycles. The second-order valence-corrected chi connectivity index (χ2v) is 4.54. The molecule has 1 aliphatic rings. The number of carbonyl (C=O) groups excluding carboxylic acids is 2. The predicted molar refractivity (Wildman–Crippen MR) is 71.7 cm³/mol. The molecule has 0 bridgehead atoms. The first kappa shape index (κ1) is 14.2. The van der Waals surface area contributed by atoms with E-state index in [9.17, 15) is 14.0 Å². The molecule has 2 N–H and O–H groups in total. The highest BCUT2D eigenvalue weighted by Crippen LogP contribution is 2.18. The summed E-state index contributed by atoms with van der Waals surface area (Å²) in [6.07, 6.45) is 1.23. The molecule has 4 nitrogen and oxygen atoms in total. The van der Waals surface area contributed by atoms with Gasteiger partial charge in [0.1, 0.15) is 5.82 Å². The Kier molecular flexibility index (Phi) is 4.49. The Hall–Kier alpha value is -2.19. The van der Waals surface area contributed by atoms with Gasteiger partial charge in [0, 0.05) is 24.0 Å². The van der Waals surface area contributed by atoms with Crippen molar-refractivity contribution in [3.05, 3.63) is 35.1 Å². The van der Waals surface area contributed by atoms with Crippen LogP contribution >= 0.6 is 0 Å². The van der Waals surface area contributed by atoms with Crippen LogP contribution in [0.5, 0.6) is 0 Å². The van der Waals surface area contributed by atoms with E-state index < -0.39 is 5.82 Å². The maximum atomic E-state index is 13.8. The zero-order valence-electron chi connectivity index (χ0n) is 11.0. The number of rotatable bonds is 2. The van der Waals surface area contributed by atoms with Gasteiger partial charge in [-0.25, -0.2) is 4.39 Å². The molecule has 104 valence electrons. The first-order valence-electron chi connectivity index (χ1n) is 6.42. The lowest BCUT2D eigenvalue weighted by molar-refractivity contribution is -0.148. The number of hydrogen-bond acceptors (Lipinski definition) is 3. The third kappa shape index (κ3) is 3.22. The van der Waals surface area contributed by atoms with Crippen molar-refractivity contribution in [2.24, 2.45) is 5.73 Å². The quantitative estimate of drug-likeness (QED) is 0.650. The van der Waals surface area contributed by atoms with Crippen molar-refractivity contribution < 1.29 is 14.0 Å². The Morgan fingerprint density at radius 2 is 1.95 bits per heavy atom. The van der Waals surface area contributed by atoms with Crippen molar-refractivity contribution in [3.8, 4) is 11.8 Å². The predicted octanol–water partition coefficient (Wildman–Crippen LogP) is 1.18. The van der Waals surface area contributed by atoms with Crippen LogP contribution in [0.25, 0.3) is 0 Å². The Morgan fingerprint density at radius 3 is 2.60 bits per heavy atom. The Balaban J connectivity index is 2.23. The summed E-state index contributed by atoms with van der Waals surface area (Å²) in [5.41, 5.74) is 6.19. The fourth-order valence-electron chi connectivity index (χ4n) is 2.07. The van der Waals surface area contributed by atoms with Crippen molar-refractivity contribution in [2.45, 2.75) is 25.8 Å². The highest BCUT2D eigenvalue weighted by Gasteiger charge is 2.26. The second-order valence-electron chi connectivity index (χ2n) is 4.54. The Labute approximate surface area is 116 Å². The van der Waals surface area contributed by atoms with E-state index in [2.05, 4.69) is 11.8 Å². The molecule has 1 heterocycles. The average Bonchev–Trinajstić information content (AvgIpc) is 2.43. The van der Waals surface area contributed by atoms with Gasteiger partial charge in [0.05, 0.1) is 13.1 Å². The number of hydrogen-bond donors (Lipinski definition) is 1. The number of piperidine rings is 1. The monoisotopic (exact) mass is 274 g/mol. The third-order valence-corrected chi connectivity index (χ3v) is 3.09. The van der Waals surface area contributed by atoms with E-state index in [1.54, 1.807) is 12.1 Å². The van der Waals surface area contributed by atoms with Gasteiger partial charge in [-0.1, -0.05) is 11.8 Å². The topological polar surface area (TPSA) is 63.4 Å². The summed E-state index contributed by atoms with van der Waals surface area (Å²) in [6, 6.07) is 4.38. The van der Waals surface area contributed by atoms with Crippen LogP contribution in [0.15, 0.2) is 18.2 Å². The molecule has 0 saturated carbocycles. The van der Waals surface area contributed by atoms with Crippen molar-refractivity contribution >= 4 is 11.8 Å². The number of halogens is 1. The molecule has 0 spiro atoms. The minimum absolute atomic E-state index is 0.0400. The Morgan fingerprint density at radius 1 is 1.25 bits per heavy atom. The maximum Gasteiger partial charge on any atom is 0.229 e. The summed E-state index contributed by atoms with van der Waals surface area (Å²) in [6.45, 7) is 0.178. The lowest BCUT2D eigenvalue weighted by Gasteiger charge is -2.25. The molecule has 2 rings (SSSR count). The van der Waals surface area contributed by atoms with Crippen LogP contribution in [0.1, 0.15) is 30.4 Å². The zero-order chi connectivity index (χ0) is 14.5. The van der Waals surface area contributed by atoms with Crippen LogP contribution < -0.4 is 5.73 Å². The maximum absolute atomic E-state index is 13.8. The van der Waals surface area contributed by atoms with Gasteiger partial charge >= 0.3 is 0 Å². The molecular formula is C15H15FN2O2. The minimum Gasteiger partial charge on any atom is -0.320 e. The third-order valence-electron chi connectivity index (χ3n) is 3.09. The van der Waals surface area contributed by atoms with Crippen molar-refractivity contribution in [1.29, 1.82) is 0 Å². The van der Waals surface area contributed by atoms with Crippen LogP contribution in [-0.2, 0) is 16.1 Å². The van der Waals surface area contributed by atoms with Gasteiger partial charge in [-0.2, -0.15) is 0 Å². The molecule has 1 aromatic rings. The van der Waals surface area contributed by atoms with Gasteiger partial charge in [0.25, 0.3) is 0 Å². The summed E-state index contributed by atoms with van der Waals surface area (Å²) < 4.78 is 13.8. The van der Waals surface area contributed by atoms with Crippen molar-refractivity contribution in [3.63, 3.8) is 0 Å². The summed E-state index contributed by atoms with van der Waals surface area (Å²) >= 11 is 0. The van der Waals surface area contributed by atoms with Gasteiger partial charge in [-0.15, -0.1) is 0 Å². The SMILES string of the molecule is NCC#Cc1ccc(F)c(CN2C(=O)CCCC2=O)c1. The van der Waals surface area contributed by atoms with E-state index in [1.165, 1.54) is 6.07 Å². The molecule has 20 heavy (non-hydrogen) atoms. The van der Waals surface area contributed by atoms with Crippen molar-refractivity contribution in [1.82, 2.24) is 4.90 Å². The van der Waals surface area contributed by atoms with Gasteiger partial charge in [0.2, 0.25) is 11.8 Å². The molecule has 2 amide bonds. The summed E-state index contributed by atoms with van der Waals surface area (Å²) in [5, 5.41) is 0. The summed E-state index contributed by atoms with van der Waals surface area (Å²) in [4.78, 5) is 24.5. The highest BCUT2D eigenvalue weighted by atomic mass is 19.1. The van der Waals surface area contributed by atoms with Crippen molar-refractivity contribution in [2.75, 3.05) is 6.54 Å². The molecule has 1 aromatic carbocycles. The molecule has 0 radical (unpaired) electrons. The van der Waals surface area contributed by atoms with Crippen LogP contribution in [0, 0.1) is 17.7 Å². The number of likely N-dealkylation sites (tertiary alicyclic amines) is 1. The van der Waals surface area contributed by atoms with Crippen LogP contribution in [0.2, 0.25) is 0 Å². The molecule has 1 fully saturated rings. The van der Waals surface area contributed by atoms with Gasteiger partial charge < -0.3 is 5.73 Å². The fraction of sp³-hybridized carbons (Fsp3) is 0.333. The molecular weight excluding hydrogens is 259 g/mol. The number of imide groups is 1. The fourth-order valence-corrected chi connectivity index (χ4v) is 2.07. The van der Waals surface area contributed by atoms with Gasteiger partial charge in [-0.05, 0) is 24.6 Å². The van der Waals surface area contributed by atoms with Gasteiger partial charge in [0.15, 0.2) is 0 Å². The van der Waals surface area contributed by atoms with Crippen LogP contribution in [0.3, 0.4) is 0 Å². The smallest absolute Gasteiger partial charge is 0.229 e. The molecule has 0 atom stereocenters.